The van der Waals surface area contributed by atoms with E-state index < -0.39 is 0 Å². The molecule has 0 spiro atoms. The molecule has 5 nitrogen and oxygen atoms in total. The molecule has 1 saturated carbocycles. The number of hydrogen-bond acceptors (Lipinski definition) is 4. The fraction of sp³-hybridized carbons (Fsp3) is 0.526. The average molecular weight is 327 g/mol. The number of rotatable bonds is 4. The number of hydrogen-bond donors (Lipinski definition) is 0. The van der Waals surface area contributed by atoms with Gasteiger partial charge in [-0.2, -0.15) is 5.10 Å². The minimum atomic E-state index is -0.0521. The number of carbonyl (C=O) groups is 1. The van der Waals surface area contributed by atoms with Gasteiger partial charge in [-0.1, -0.05) is 0 Å². The minimum Gasteiger partial charge on any atom is -0.469 e. The topological polar surface area (TPSA) is 57.0 Å². The molecule has 0 atom stereocenters. The number of carbonyl (C=O) groups excluding carboxylic acids is 1. The number of methoxy groups -OCH3 is 1. The van der Waals surface area contributed by atoms with E-state index in [0.717, 1.165) is 49.1 Å². The van der Waals surface area contributed by atoms with Crippen molar-refractivity contribution < 1.29 is 9.53 Å². The highest BCUT2D eigenvalue weighted by Gasteiger charge is 2.27. The van der Waals surface area contributed by atoms with Crippen LogP contribution in [0.15, 0.2) is 24.5 Å². The van der Waals surface area contributed by atoms with Crippen molar-refractivity contribution in [1.82, 2.24) is 14.8 Å². The minimum absolute atomic E-state index is 0.0521. The Morgan fingerprint density at radius 1 is 1.25 bits per heavy atom. The standard InChI is InChI=1S/C19H25N3O2/c1-13-8-18(22(2)21-13)17-10-15(11-20-12-17)9-14-4-6-16(7-5-14)19(23)24-3/h8,10-12,14,16H,4-7,9H2,1-3H3/t14-,16-. The Kier molecular flexibility index (Phi) is 4.97. The van der Waals surface area contributed by atoms with Gasteiger partial charge in [-0.15, -0.1) is 0 Å². The van der Waals surface area contributed by atoms with Crippen LogP contribution in [-0.2, 0) is 23.0 Å². The third-order valence-electron chi connectivity index (χ3n) is 5.00. The fourth-order valence-corrected chi connectivity index (χ4v) is 3.72. The molecule has 2 aromatic heterocycles. The Bertz CT molecular complexity index is 715. The van der Waals surface area contributed by atoms with Gasteiger partial charge >= 0.3 is 5.97 Å². The molecule has 1 aliphatic rings. The zero-order valence-electron chi connectivity index (χ0n) is 14.7. The van der Waals surface area contributed by atoms with Crippen molar-refractivity contribution in [3.63, 3.8) is 0 Å². The Morgan fingerprint density at radius 2 is 2.00 bits per heavy atom. The van der Waals surface area contributed by atoms with E-state index in [2.05, 4.69) is 22.2 Å². The monoisotopic (exact) mass is 327 g/mol. The van der Waals surface area contributed by atoms with Gasteiger partial charge in [0.1, 0.15) is 0 Å². The molecule has 0 aromatic carbocycles. The molecule has 0 radical (unpaired) electrons. The normalized spacial score (nSPS) is 20.8. The summed E-state index contributed by atoms with van der Waals surface area (Å²) >= 11 is 0. The van der Waals surface area contributed by atoms with Gasteiger partial charge in [-0.3, -0.25) is 14.5 Å². The zero-order chi connectivity index (χ0) is 17.1. The Balaban J connectivity index is 1.66. The van der Waals surface area contributed by atoms with Crippen molar-refractivity contribution in [3.8, 4) is 11.3 Å². The van der Waals surface area contributed by atoms with Crippen LogP contribution in [0.2, 0.25) is 0 Å². The van der Waals surface area contributed by atoms with E-state index >= 15 is 0 Å². The third-order valence-corrected chi connectivity index (χ3v) is 5.00. The highest BCUT2D eigenvalue weighted by atomic mass is 16.5. The summed E-state index contributed by atoms with van der Waals surface area (Å²) in [7, 11) is 3.44. The summed E-state index contributed by atoms with van der Waals surface area (Å²) in [5.74, 6) is 0.660. The Morgan fingerprint density at radius 3 is 2.62 bits per heavy atom. The first-order valence-electron chi connectivity index (χ1n) is 8.59. The molecule has 5 heteroatoms. The number of esters is 1. The predicted octanol–water partition coefficient (Wildman–Crippen LogP) is 3.31. The van der Waals surface area contributed by atoms with Crippen LogP contribution in [0.4, 0.5) is 0 Å². The molecule has 2 aromatic rings. The highest BCUT2D eigenvalue weighted by molar-refractivity contribution is 5.72. The van der Waals surface area contributed by atoms with Crippen molar-refractivity contribution in [2.75, 3.05) is 7.11 Å². The third kappa shape index (κ3) is 3.66. The lowest BCUT2D eigenvalue weighted by Crippen LogP contribution is -2.23. The van der Waals surface area contributed by atoms with E-state index in [1.165, 1.54) is 12.7 Å². The van der Waals surface area contributed by atoms with Gasteiger partial charge in [0.05, 0.1) is 24.4 Å². The summed E-state index contributed by atoms with van der Waals surface area (Å²) in [5.41, 5.74) is 4.47. The number of ether oxygens (including phenoxy) is 1. The highest BCUT2D eigenvalue weighted by Crippen LogP contribution is 2.32. The molecule has 24 heavy (non-hydrogen) atoms. The second-order valence-corrected chi connectivity index (χ2v) is 6.82. The quantitative estimate of drug-likeness (QED) is 0.808. The SMILES string of the molecule is COC(=O)[C@H]1CC[C@H](Cc2cncc(-c3cc(C)nn3C)c2)CC1. The molecule has 0 aliphatic heterocycles. The van der Waals surface area contributed by atoms with Crippen LogP contribution in [0, 0.1) is 18.8 Å². The van der Waals surface area contributed by atoms with Crippen LogP contribution in [0.1, 0.15) is 36.9 Å². The first-order valence-corrected chi connectivity index (χ1v) is 8.59. The van der Waals surface area contributed by atoms with Gasteiger partial charge in [-0.05, 0) is 62.6 Å². The van der Waals surface area contributed by atoms with Crippen LogP contribution < -0.4 is 0 Å². The number of aryl methyl sites for hydroxylation is 2. The number of pyridine rings is 1. The molecule has 2 heterocycles. The molecule has 128 valence electrons. The lowest BCUT2D eigenvalue weighted by molar-refractivity contribution is -0.146. The van der Waals surface area contributed by atoms with Gasteiger partial charge < -0.3 is 4.74 Å². The summed E-state index contributed by atoms with van der Waals surface area (Å²) in [6, 6.07) is 4.30. The van der Waals surface area contributed by atoms with Crippen molar-refractivity contribution in [3.05, 3.63) is 35.8 Å². The second-order valence-electron chi connectivity index (χ2n) is 6.82. The summed E-state index contributed by atoms with van der Waals surface area (Å²) in [4.78, 5) is 16.0. The van der Waals surface area contributed by atoms with Gasteiger partial charge in [0, 0.05) is 25.0 Å². The molecule has 0 N–H and O–H groups in total. The van der Waals surface area contributed by atoms with E-state index in [4.69, 9.17) is 4.74 Å². The molecule has 0 saturated heterocycles. The van der Waals surface area contributed by atoms with E-state index in [1.54, 1.807) is 0 Å². The van der Waals surface area contributed by atoms with Crippen molar-refractivity contribution >= 4 is 5.97 Å². The molecule has 0 amide bonds. The zero-order valence-corrected chi connectivity index (χ0v) is 14.7. The molecule has 1 fully saturated rings. The predicted molar refractivity (Wildman–Crippen MR) is 92.3 cm³/mol. The van der Waals surface area contributed by atoms with Crippen LogP contribution in [0.25, 0.3) is 11.3 Å². The van der Waals surface area contributed by atoms with Crippen LogP contribution in [0.3, 0.4) is 0 Å². The van der Waals surface area contributed by atoms with E-state index in [0.29, 0.717) is 5.92 Å². The van der Waals surface area contributed by atoms with E-state index in [9.17, 15) is 4.79 Å². The molecular formula is C19H25N3O2. The molecule has 0 bridgehead atoms. The van der Waals surface area contributed by atoms with Crippen LogP contribution in [-0.4, -0.2) is 27.8 Å². The molecule has 3 rings (SSSR count). The van der Waals surface area contributed by atoms with Crippen molar-refractivity contribution in [2.24, 2.45) is 18.9 Å². The van der Waals surface area contributed by atoms with Gasteiger partial charge in [0.15, 0.2) is 0 Å². The maximum absolute atomic E-state index is 11.6. The first-order chi connectivity index (χ1) is 11.6. The van der Waals surface area contributed by atoms with Gasteiger partial charge in [0.25, 0.3) is 0 Å². The van der Waals surface area contributed by atoms with Crippen molar-refractivity contribution in [2.45, 2.75) is 39.0 Å². The van der Waals surface area contributed by atoms with Crippen LogP contribution >= 0.6 is 0 Å². The summed E-state index contributed by atoms with van der Waals surface area (Å²) in [6.07, 6.45) is 8.90. The average Bonchev–Trinajstić information content (AvgIpc) is 2.93. The van der Waals surface area contributed by atoms with E-state index in [1.807, 2.05) is 31.0 Å². The first kappa shape index (κ1) is 16.7. The molecule has 1 aliphatic carbocycles. The number of aromatic nitrogens is 3. The number of nitrogens with zero attached hydrogens (tertiary/aromatic N) is 3. The Labute approximate surface area is 143 Å². The Hall–Kier alpha value is -2.17. The molecule has 0 unspecified atom stereocenters. The summed E-state index contributed by atoms with van der Waals surface area (Å²) < 4.78 is 6.76. The maximum atomic E-state index is 11.6. The largest absolute Gasteiger partial charge is 0.469 e. The lowest BCUT2D eigenvalue weighted by Gasteiger charge is -2.26. The smallest absolute Gasteiger partial charge is 0.308 e. The van der Waals surface area contributed by atoms with Crippen molar-refractivity contribution in [1.29, 1.82) is 0 Å². The van der Waals surface area contributed by atoms with Gasteiger partial charge in [-0.25, -0.2) is 0 Å². The van der Waals surface area contributed by atoms with E-state index in [-0.39, 0.29) is 11.9 Å². The summed E-state index contributed by atoms with van der Waals surface area (Å²) in [6.45, 7) is 2.00. The fourth-order valence-electron chi connectivity index (χ4n) is 3.72. The second kappa shape index (κ2) is 7.16. The lowest BCUT2D eigenvalue weighted by atomic mass is 9.79. The van der Waals surface area contributed by atoms with Crippen LogP contribution in [0.5, 0.6) is 0 Å². The molecular weight excluding hydrogens is 302 g/mol. The summed E-state index contributed by atoms with van der Waals surface area (Å²) in [5, 5.41) is 4.41. The maximum Gasteiger partial charge on any atom is 0.308 e. The van der Waals surface area contributed by atoms with Gasteiger partial charge in [0.2, 0.25) is 0 Å².